The number of methoxy groups -OCH3 is 2. The van der Waals surface area contributed by atoms with Crippen LogP contribution < -0.4 is 14.8 Å². The van der Waals surface area contributed by atoms with Crippen molar-refractivity contribution >= 4 is 17.7 Å². The van der Waals surface area contributed by atoms with E-state index in [1.54, 1.807) is 38.5 Å². The highest BCUT2D eigenvalue weighted by Gasteiger charge is 2.19. The van der Waals surface area contributed by atoms with Gasteiger partial charge in [0.15, 0.2) is 12.4 Å². The van der Waals surface area contributed by atoms with Gasteiger partial charge in [0.05, 0.1) is 26.7 Å². The molecule has 1 N–H and O–H groups in total. The fourth-order valence-corrected chi connectivity index (χ4v) is 3.36. The number of amides is 1. The molecular formula is C27H27NO6. The molecule has 7 nitrogen and oxygen atoms in total. The second-order valence-electron chi connectivity index (χ2n) is 7.50. The van der Waals surface area contributed by atoms with Crippen molar-refractivity contribution in [3.63, 3.8) is 0 Å². The minimum absolute atomic E-state index is 0.0186. The molecule has 7 heteroatoms. The first kappa shape index (κ1) is 24.5. The van der Waals surface area contributed by atoms with Gasteiger partial charge in [-0.05, 0) is 35.4 Å². The van der Waals surface area contributed by atoms with Gasteiger partial charge >= 0.3 is 5.97 Å². The average molecular weight is 462 g/mol. The molecule has 0 fully saturated rings. The SMILES string of the molecule is COc1ccc(C(NC(=O)COC(=O)CCC(=O)c2ccccc2)c2ccc(OC)cc2)cc1. The van der Waals surface area contributed by atoms with Gasteiger partial charge in [0.2, 0.25) is 0 Å². The molecular weight excluding hydrogens is 434 g/mol. The molecule has 0 radical (unpaired) electrons. The molecule has 0 heterocycles. The highest BCUT2D eigenvalue weighted by atomic mass is 16.5. The molecule has 176 valence electrons. The van der Waals surface area contributed by atoms with Gasteiger partial charge in [0, 0.05) is 12.0 Å². The summed E-state index contributed by atoms with van der Waals surface area (Å²) in [5.74, 6) is 0.176. The van der Waals surface area contributed by atoms with Crippen LogP contribution in [-0.2, 0) is 14.3 Å². The number of Topliss-reactive ketones (excluding diaryl/α,β-unsaturated/α-hetero) is 1. The van der Waals surface area contributed by atoms with Crippen LogP contribution in [-0.4, -0.2) is 38.5 Å². The van der Waals surface area contributed by atoms with Crippen LogP contribution in [0.1, 0.15) is 40.4 Å². The fraction of sp³-hybridized carbons (Fsp3) is 0.222. The summed E-state index contributed by atoms with van der Waals surface area (Å²) in [5, 5.41) is 2.91. The van der Waals surface area contributed by atoms with Gasteiger partial charge in [0.1, 0.15) is 11.5 Å². The molecule has 0 aliphatic rings. The molecule has 0 saturated carbocycles. The summed E-state index contributed by atoms with van der Waals surface area (Å²) >= 11 is 0. The van der Waals surface area contributed by atoms with E-state index in [-0.39, 0.29) is 18.6 Å². The number of hydrogen-bond donors (Lipinski definition) is 1. The van der Waals surface area contributed by atoms with Gasteiger partial charge in [0.25, 0.3) is 5.91 Å². The van der Waals surface area contributed by atoms with E-state index in [2.05, 4.69) is 5.32 Å². The van der Waals surface area contributed by atoms with Crippen LogP contribution >= 0.6 is 0 Å². The Morgan fingerprint density at radius 1 is 0.735 bits per heavy atom. The Bertz CT molecular complexity index is 1050. The lowest BCUT2D eigenvalue weighted by molar-refractivity contribution is -0.148. The molecule has 1 amide bonds. The molecule has 0 saturated heterocycles. The summed E-state index contributed by atoms with van der Waals surface area (Å²) in [5.41, 5.74) is 2.20. The zero-order valence-corrected chi connectivity index (χ0v) is 19.2. The van der Waals surface area contributed by atoms with Crippen molar-refractivity contribution in [1.82, 2.24) is 5.32 Å². The quantitative estimate of drug-likeness (QED) is 0.341. The van der Waals surface area contributed by atoms with Crippen molar-refractivity contribution < 1.29 is 28.6 Å². The summed E-state index contributed by atoms with van der Waals surface area (Å²) in [6, 6.07) is 22.9. The summed E-state index contributed by atoms with van der Waals surface area (Å²) < 4.78 is 15.5. The molecule has 34 heavy (non-hydrogen) atoms. The number of carbonyl (C=O) groups is 3. The molecule has 3 aromatic carbocycles. The number of ketones is 1. The minimum atomic E-state index is -0.607. The Labute approximate surface area is 198 Å². The number of hydrogen-bond acceptors (Lipinski definition) is 6. The molecule has 3 rings (SSSR count). The lowest BCUT2D eigenvalue weighted by Crippen LogP contribution is -2.33. The van der Waals surface area contributed by atoms with E-state index < -0.39 is 24.5 Å². The maximum atomic E-state index is 12.6. The van der Waals surface area contributed by atoms with Crippen LogP contribution in [0.5, 0.6) is 11.5 Å². The largest absolute Gasteiger partial charge is 0.497 e. The van der Waals surface area contributed by atoms with Crippen LogP contribution in [0.4, 0.5) is 0 Å². The Morgan fingerprint density at radius 2 is 1.26 bits per heavy atom. The molecule has 0 aromatic heterocycles. The van der Waals surface area contributed by atoms with Crippen molar-refractivity contribution in [2.24, 2.45) is 0 Å². The summed E-state index contributed by atoms with van der Waals surface area (Å²) in [6.07, 6.45) is -0.0772. The molecule has 0 spiro atoms. The van der Waals surface area contributed by atoms with Gasteiger partial charge in [-0.1, -0.05) is 54.6 Å². The summed E-state index contributed by atoms with van der Waals surface area (Å²) in [7, 11) is 3.17. The molecule has 0 unspecified atom stereocenters. The van der Waals surface area contributed by atoms with E-state index in [1.165, 1.54) is 0 Å². The average Bonchev–Trinajstić information content (AvgIpc) is 2.89. The molecule has 0 aliphatic carbocycles. The zero-order valence-electron chi connectivity index (χ0n) is 19.2. The third-order valence-electron chi connectivity index (χ3n) is 5.22. The Balaban J connectivity index is 1.59. The van der Waals surface area contributed by atoms with Gasteiger partial charge < -0.3 is 19.5 Å². The number of ether oxygens (including phenoxy) is 3. The van der Waals surface area contributed by atoms with Crippen molar-refractivity contribution in [1.29, 1.82) is 0 Å². The first-order valence-corrected chi connectivity index (χ1v) is 10.8. The van der Waals surface area contributed by atoms with Crippen LogP contribution in [0.3, 0.4) is 0 Å². The lowest BCUT2D eigenvalue weighted by atomic mass is 9.98. The summed E-state index contributed by atoms with van der Waals surface area (Å²) in [4.78, 5) is 36.8. The second kappa shape index (κ2) is 12.2. The third kappa shape index (κ3) is 6.93. The van der Waals surface area contributed by atoms with Crippen LogP contribution in [0, 0.1) is 0 Å². The van der Waals surface area contributed by atoms with Gasteiger partial charge in [-0.25, -0.2) is 0 Å². The first-order valence-electron chi connectivity index (χ1n) is 10.8. The smallest absolute Gasteiger partial charge is 0.306 e. The Kier molecular flexibility index (Phi) is 8.80. The lowest BCUT2D eigenvalue weighted by Gasteiger charge is -2.20. The number of esters is 1. The van der Waals surface area contributed by atoms with E-state index >= 15 is 0 Å². The predicted molar refractivity (Wildman–Crippen MR) is 127 cm³/mol. The minimum Gasteiger partial charge on any atom is -0.497 e. The fourth-order valence-electron chi connectivity index (χ4n) is 3.36. The van der Waals surface area contributed by atoms with E-state index in [0.29, 0.717) is 17.1 Å². The van der Waals surface area contributed by atoms with Crippen LogP contribution in [0.25, 0.3) is 0 Å². The summed E-state index contributed by atoms with van der Waals surface area (Å²) in [6.45, 7) is -0.443. The van der Waals surface area contributed by atoms with Crippen molar-refractivity contribution in [2.45, 2.75) is 18.9 Å². The van der Waals surface area contributed by atoms with E-state index in [4.69, 9.17) is 14.2 Å². The van der Waals surface area contributed by atoms with Crippen LogP contribution in [0.2, 0.25) is 0 Å². The van der Waals surface area contributed by atoms with Crippen molar-refractivity contribution in [3.8, 4) is 11.5 Å². The van der Waals surface area contributed by atoms with E-state index in [0.717, 1.165) is 11.1 Å². The maximum absolute atomic E-state index is 12.6. The van der Waals surface area contributed by atoms with E-state index in [9.17, 15) is 14.4 Å². The zero-order chi connectivity index (χ0) is 24.3. The first-order chi connectivity index (χ1) is 16.5. The van der Waals surface area contributed by atoms with Crippen molar-refractivity contribution in [2.75, 3.05) is 20.8 Å². The molecule has 0 atom stereocenters. The van der Waals surface area contributed by atoms with Crippen molar-refractivity contribution in [3.05, 3.63) is 95.6 Å². The highest BCUT2D eigenvalue weighted by Crippen LogP contribution is 2.26. The van der Waals surface area contributed by atoms with Gasteiger partial charge in [-0.3, -0.25) is 14.4 Å². The van der Waals surface area contributed by atoms with Crippen LogP contribution in [0.15, 0.2) is 78.9 Å². The number of benzene rings is 3. The highest BCUT2D eigenvalue weighted by molar-refractivity contribution is 5.97. The number of carbonyl (C=O) groups excluding carboxylic acids is 3. The standard InChI is InChI=1S/C27H27NO6/c1-32-22-12-8-20(9-13-22)27(21-10-14-23(33-2)15-11-21)28-25(30)18-34-26(31)17-16-24(29)19-6-4-3-5-7-19/h3-15,27H,16-18H2,1-2H3,(H,28,30). The number of rotatable bonds is 11. The van der Waals surface area contributed by atoms with E-state index in [1.807, 2.05) is 54.6 Å². The van der Waals surface area contributed by atoms with Gasteiger partial charge in [-0.2, -0.15) is 0 Å². The molecule has 0 aliphatic heterocycles. The predicted octanol–water partition coefficient (Wildman–Crippen LogP) is 4.12. The topological polar surface area (TPSA) is 90.9 Å². The maximum Gasteiger partial charge on any atom is 0.306 e. The molecule has 3 aromatic rings. The second-order valence-corrected chi connectivity index (χ2v) is 7.50. The third-order valence-corrected chi connectivity index (χ3v) is 5.22. The normalized spacial score (nSPS) is 10.4. The Morgan fingerprint density at radius 3 is 1.76 bits per heavy atom. The number of nitrogens with one attached hydrogen (secondary N) is 1. The monoisotopic (exact) mass is 461 g/mol. The molecule has 0 bridgehead atoms. The van der Waals surface area contributed by atoms with Gasteiger partial charge in [-0.15, -0.1) is 0 Å². The Hall–Kier alpha value is -4.13.